The van der Waals surface area contributed by atoms with Crippen molar-refractivity contribution in [3.05, 3.63) is 161 Å². The number of hydrogen-bond acceptors (Lipinski definition) is 10. The maximum absolute atomic E-state index is 12.2. The molecule has 6 heterocycles. The predicted octanol–water partition coefficient (Wildman–Crippen LogP) is 8.15. The summed E-state index contributed by atoms with van der Waals surface area (Å²) in [6.07, 6.45) is 5.73. The van der Waals surface area contributed by atoms with Crippen molar-refractivity contribution >= 4 is 56.9 Å². The minimum Gasteiger partial charge on any atom is -0.457 e. The third-order valence-corrected chi connectivity index (χ3v) is 9.23. The van der Waals surface area contributed by atoms with Gasteiger partial charge in [-0.2, -0.15) is 20.7 Å². The summed E-state index contributed by atoms with van der Waals surface area (Å²) in [6, 6.07) is 25.7. The van der Waals surface area contributed by atoms with Crippen LogP contribution < -0.4 is 20.6 Å². The van der Waals surface area contributed by atoms with E-state index < -0.39 is 5.56 Å². The highest BCUT2D eigenvalue weighted by molar-refractivity contribution is 6.32. The van der Waals surface area contributed by atoms with Crippen LogP contribution in [0.2, 0.25) is 15.1 Å². The highest BCUT2D eigenvalue weighted by Gasteiger charge is 2.14. The molecule has 14 nitrogen and oxygen atoms in total. The summed E-state index contributed by atoms with van der Waals surface area (Å²) < 4.78 is 11.5. The lowest BCUT2D eigenvalue weighted by Crippen LogP contribution is -2.11. The topological polar surface area (TPSA) is 215 Å². The van der Waals surface area contributed by atoms with Gasteiger partial charge in [-0.25, -0.2) is 9.97 Å². The minimum absolute atomic E-state index is 0.0802. The lowest BCUT2D eigenvalue weighted by Gasteiger charge is -2.10. The Bertz CT molecular complexity index is 2960. The first-order chi connectivity index (χ1) is 27.6. The molecule has 0 bridgehead atoms. The quantitative estimate of drug-likeness (QED) is 0.104. The molecule has 57 heavy (non-hydrogen) atoms. The highest BCUT2D eigenvalue weighted by atomic mass is 35.5. The van der Waals surface area contributed by atoms with Crippen LogP contribution in [0.15, 0.2) is 101 Å². The number of nitrogens with one attached hydrogen (secondary N) is 4. The van der Waals surface area contributed by atoms with Crippen LogP contribution in [0.5, 0.6) is 23.0 Å². The van der Waals surface area contributed by atoms with Crippen molar-refractivity contribution in [2.24, 2.45) is 0 Å². The summed E-state index contributed by atoms with van der Waals surface area (Å²) in [7, 11) is 0. The molecule has 8 rings (SSSR count). The molecule has 0 unspecified atom stereocenters. The van der Waals surface area contributed by atoms with Crippen molar-refractivity contribution in [1.82, 2.24) is 40.3 Å². The second-order valence-electron chi connectivity index (χ2n) is 12.4. The van der Waals surface area contributed by atoms with Gasteiger partial charge in [0, 0.05) is 74.2 Å². The van der Waals surface area contributed by atoms with Crippen LogP contribution in [-0.2, 0) is 25.7 Å². The molecular weight excluding hydrogens is 791 g/mol. The number of nitriles is 2. The molecule has 0 atom stereocenters. The van der Waals surface area contributed by atoms with Crippen LogP contribution in [0.4, 0.5) is 0 Å². The fourth-order valence-corrected chi connectivity index (χ4v) is 6.48. The van der Waals surface area contributed by atoms with E-state index in [2.05, 4.69) is 40.3 Å². The van der Waals surface area contributed by atoms with Gasteiger partial charge in [-0.1, -0.05) is 34.8 Å². The molecule has 0 saturated heterocycles. The fourth-order valence-electron chi connectivity index (χ4n) is 5.89. The Balaban J connectivity index is 0.000000174. The first-order valence-electron chi connectivity index (χ1n) is 17.1. The number of H-pyrrole nitrogens is 4. The summed E-state index contributed by atoms with van der Waals surface area (Å²) in [5, 5.41) is 35.0. The number of ether oxygens (including phenoxy) is 2. The second-order valence-corrected chi connectivity index (χ2v) is 13.7. The first kappa shape index (κ1) is 38.3. The molecule has 17 heteroatoms. The summed E-state index contributed by atoms with van der Waals surface area (Å²) in [6.45, 7) is 0. The van der Waals surface area contributed by atoms with Gasteiger partial charge in [-0.3, -0.25) is 19.8 Å². The monoisotopic (exact) mass is 816 g/mol. The Morgan fingerprint density at radius 1 is 0.614 bits per heavy atom. The number of rotatable bonds is 10. The molecule has 6 aromatic heterocycles. The average Bonchev–Trinajstić information content (AvgIpc) is 3.81. The van der Waals surface area contributed by atoms with Crippen molar-refractivity contribution in [2.75, 3.05) is 0 Å². The van der Waals surface area contributed by atoms with Gasteiger partial charge in [0.05, 0.1) is 23.3 Å². The third-order valence-electron chi connectivity index (χ3n) is 8.44. The van der Waals surface area contributed by atoms with E-state index in [0.29, 0.717) is 81.1 Å². The van der Waals surface area contributed by atoms with Crippen molar-refractivity contribution in [3.63, 3.8) is 0 Å². The molecule has 8 aromatic rings. The Morgan fingerprint density at radius 3 is 1.70 bits per heavy atom. The Morgan fingerprint density at radius 2 is 1.14 bits per heavy atom. The average molecular weight is 818 g/mol. The van der Waals surface area contributed by atoms with E-state index in [9.17, 15) is 9.59 Å². The molecule has 0 fully saturated rings. The number of fused-ring (bicyclic) bond motifs is 2. The van der Waals surface area contributed by atoms with Gasteiger partial charge in [-0.15, -0.1) is 0 Å². The molecule has 4 N–H and O–H groups in total. The number of aromatic amines is 4. The smallest absolute Gasteiger partial charge is 0.270 e. The molecule has 0 aliphatic heterocycles. The zero-order chi connectivity index (χ0) is 39.9. The normalized spacial score (nSPS) is 10.8. The van der Waals surface area contributed by atoms with Crippen LogP contribution in [0.3, 0.4) is 0 Å². The molecule has 0 spiro atoms. The van der Waals surface area contributed by atoms with E-state index in [1.165, 1.54) is 18.2 Å². The van der Waals surface area contributed by atoms with E-state index in [4.69, 9.17) is 54.8 Å². The number of halogens is 3. The number of nitrogens with zero attached hydrogens (tertiary/aromatic N) is 6. The molecule has 0 aliphatic rings. The van der Waals surface area contributed by atoms with Gasteiger partial charge in [0.15, 0.2) is 17.0 Å². The maximum Gasteiger partial charge on any atom is 0.270 e. The molecule has 282 valence electrons. The summed E-state index contributed by atoms with van der Waals surface area (Å²) in [4.78, 5) is 38.2. The SMILES string of the molecule is N#Cc1cc(Cl)cc(Oc2cc(CCc3[nH]nc4ncccc34)[nH]c(=O)c2)c1.N#Cc1cc(Cl)cc(Oc2cc(CCc3[nH]nc4ncccc34)[nH]c(=O)c2Cl)c1. The third kappa shape index (κ3) is 9.47. The van der Waals surface area contributed by atoms with E-state index in [1.807, 2.05) is 36.4 Å². The largest absolute Gasteiger partial charge is 0.457 e. The lowest BCUT2D eigenvalue weighted by atomic mass is 10.1. The van der Waals surface area contributed by atoms with Crippen molar-refractivity contribution in [2.45, 2.75) is 25.7 Å². The second kappa shape index (κ2) is 17.2. The molecule has 0 saturated carbocycles. The molecule has 0 amide bonds. The number of benzene rings is 2. The fraction of sp³-hybridized carbons (Fsp3) is 0.100. The van der Waals surface area contributed by atoms with Crippen molar-refractivity contribution in [3.8, 4) is 35.1 Å². The van der Waals surface area contributed by atoms with Gasteiger partial charge >= 0.3 is 0 Å². The zero-order valence-electron chi connectivity index (χ0n) is 29.4. The van der Waals surface area contributed by atoms with E-state index in [-0.39, 0.29) is 16.3 Å². The number of hydrogen-bond donors (Lipinski definition) is 4. The standard InChI is InChI=1S/C20H13Cl2N5O2.C20H14ClN5O2/c21-12-6-11(10-23)7-14(8-12)29-17-9-13(25-20(28)18(17)22)3-4-16-15-2-1-5-24-19(15)27-26-16;21-13-6-12(11-22)7-15(8-13)28-16-9-14(24-19(27)10-16)3-4-18-17-2-1-5-23-20(17)26-25-18/h1-2,5-9H,3-4H2,(H,25,28)(H,24,26,27);1-2,5-10H,3-4H2,(H,24,27)(H,23,25,26). The lowest BCUT2D eigenvalue weighted by molar-refractivity contribution is 0.479. The van der Waals surface area contributed by atoms with Gasteiger partial charge in [0.1, 0.15) is 22.3 Å². The van der Waals surface area contributed by atoms with Crippen LogP contribution in [0.25, 0.3) is 22.1 Å². The van der Waals surface area contributed by atoms with E-state index in [1.54, 1.807) is 48.8 Å². The molecular formula is C40H27Cl3N10O4. The van der Waals surface area contributed by atoms with Crippen LogP contribution in [0, 0.1) is 22.7 Å². The van der Waals surface area contributed by atoms with Gasteiger partial charge in [0.25, 0.3) is 11.1 Å². The predicted molar refractivity (Wildman–Crippen MR) is 214 cm³/mol. The minimum atomic E-state index is -0.460. The van der Waals surface area contributed by atoms with Crippen LogP contribution in [-0.4, -0.2) is 40.3 Å². The van der Waals surface area contributed by atoms with Crippen LogP contribution >= 0.6 is 34.8 Å². The molecule has 0 radical (unpaired) electrons. The van der Waals surface area contributed by atoms with Crippen LogP contribution in [0.1, 0.15) is 33.9 Å². The van der Waals surface area contributed by atoms with E-state index >= 15 is 0 Å². The Labute approximate surface area is 337 Å². The zero-order valence-corrected chi connectivity index (χ0v) is 31.7. The Kier molecular flexibility index (Phi) is 11.6. The van der Waals surface area contributed by atoms with E-state index in [0.717, 1.165) is 27.9 Å². The summed E-state index contributed by atoms with van der Waals surface area (Å²) in [5.74, 6) is 1.28. The molecule has 0 aliphatic carbocycles. The number of pyridine rings is 4. The van der Waals surface area contributed by atoms with Gasteiger partial charge < -0.3 is 19.4 Å². The van der Waals surface area contributed by atoms with Gasteiger partial charge in [-0.05, 0) is 86.3 Å². The summed E-state index contributed by atoms with van der Waals surface area (Å²) in [5.41, 5.74) is 4.52. The van der Waals surface area contributed by atoms with Crippen molar-refractivity contribution in [1.29, 1.82) is 10.5 Å². The van der Waals surface area contributed by atoms with Crippen molar-refractivity contribution < 1.29 is 9.47 Å². The first-order valence-corrected chi connectivity index (χ1v) is 18.3. The number of aromatic nitrogens is 8. The molecule has 2 aromatic carbocycles. The van der Waals surface area contributed by atoms with Gasteiger partial charge in [0.2, 0.25) is 0 Å². The maximum atomic E-state index is 12.2. The number of aryl methyl sites for hydroxylation is 4. The summed E-state index contributed by atoms with van der Waals surface area (Å²) >= 11 is 18.1. The Hall–Kier alpha value is -6.97. The highest BCUT2D eigenvalue weighted by Crippen LogP contribution is 2.31.